The van der Waals surface area contributed by atoms with Crippen molar-refractivity contribution < 1.29 is 9.21 Å². The maximum Gasteiger partial charge on any atom is 0.238 e. The summed E-state index contributed by atoms with van der Waals surface area (Å²) in [5.41, 5.74) is 0.731. The molecule has 1 aliphatic rings. The molecule has 1 aliphatic heterocycles. The molecule has 0 aromatic carbocycles. The predicted octanol–water partition coefficient (Wildman–Crippen LogP) is 1.52. The summed E-state index contributed by atoms with van der Waals surface area (Å²) in [6.07, 6.45) is 6.12. The SMILES string of the molecule is Cc1cnc(CN(C)[C@@H]2CCN(CC(=O)Nc3cccnc3)C2)o1. The van der Waals surface area contributed by atoms with E-state index in [2.05, 4.69) is 32.1 Å². The van der Waals surface area contributed by atoms with Crippen molar-refractivity contribution >= 4 is 11.6 Å². The Morgan fingerprint density at radius 3 is 3.08 bits per heavy atom. The fourth-order valence-corrected chi connectivity index (χ4v) is 2.97. The highest BCUT2D eigenvalue weighted by Crippen LogP contribution is 2.17. The minimum atomic E-state index is -0.00497. The third-order valence-electron chi connectivity index (χ3n) is 4.24. The molecule has 2 aromatic heterocycles. The quantitative estimate of drug-likeness (QED) is 0.866. The summed E-state index contributed by atoms with van der Waals surface area (Å²) in [7, 11) is 2.07. The van der Waals surface area contributed by atoms with Crippen LogP contribution in [0.15, 0.2) is 35.1 Å². The van der Waals surface area contributed by atoms with E-state index in [1.54, 1.807) is 24.7 Å². The van der Waals surface area contributed by atoms with Gasteiger partial charge in [-0.3, -0.25) is 19.6 Å². The number of carbonyl (C=O) groups is 1. The van der Waals surface area contributed by atoms with Crippen LogP contribution < -0.4 is 5.32 Å². The van der Waals surface area contributed by atoms with Gasteiger partial charge in [0.15, 0.2) is 0 Å². The number of carbonyl (C=O) groups excluding carboxylic acids is 1. The second-order valence-electron chi connectivity index (χ2n) is 6.25. The third kappa shape index (κ3) is 4.39. The highest BCUT2D eigenvalue weighted by Gasteiger charge is 2.27. The fraction of sp³-hybridized carbons (Fsp3) is 0.471. The molecule has 0 spiro atoms. The van der Waals surface area contributed by atoms with Gasteiger partial charge in [0.25, 0.3) is 0 Å². The number of oxazole rings is 1. The zero-order valence-electron chi connectivity index (χ0n) is 14.1. The van der Waals surface area contributed by atoms with Gasteiger partial charge in [0.05, 0.1) is 31.2 Å². The minimum Gasteiger partial charge on any atom is -0.445 e. The lowest BCUT2D eigenvalue weighted by Gasteiger charge is -2.23. The van der Waals surface area contributed by atoms with E-state index in [1.807, 2.05) is 13.0 Å². The van der Waals surface area contributed by atoms with Crippen molar-refractivity contribution in [2.24, 2.45) is 0 Å². The van der Waals surface area contributed by atoms with Crippen molar-refractivity contribution in [1.29, 1.82) is 0 Å². The number of amides is 1. The van der Waals surface area contributed by atoms with Crippen LogP contribution in [0.5, 0.6) is 0 Å². The van der Waals surface area contributed by atoms with Crippen molar-refractivity contribution in [3.63, 3.8) is 0 Å². The van der Waals surface area contributed by atoms with Crippen LogP contribution in [0.2, 0.25) is 0 Å². The van der Waals surface area contributed by atoms with Gasteiger partial charge in [-0.1, -0.05) is 0 Å². The van der Waals surface area contributed by atoms with Gasteiger partial charge in [0, 0.05) is 25.3 Å². The van der Waals surface area contributed by atoms with Gasteiger partial charge in [0.1, 0.15) is 5.76 Å². The lowest BCUT2D eigenvalue weighted by atomic mass is 10.2. The number of likely N-dealkylation sites (N-methyl/N-ethyl adjacent to an activating group) is 1. The molecule has 3 rings (SSSR count). The smallest absolute Gasteiger partial charge is 0.238 e. The van der Waals surface area contributed by atoms with Gasteiger partial charge >= 0.3 is 0 Å². The molecule has 0 bridgehead atoms. The van der Waals surface area contributed by atoms with Crippen LogP contribution in [0.4, 0.5) is 5.69 Å². The molecule has 0 aliphatic carbocycles. The second-order valence-corrected chi connectivity index (χ2v) is 6.25. The molecule has 24 heavy (non-hydrogen) atoms. The van der Waals surface area contributed by atoms with E-state index >= 15 is 0 Å². The Hall–Kier alpha value is -2.25. The summed E-state index contributed by atoms with van der Waals surface area (Å²) in [6, 6.07) is 4.05. The molecule has 0 saturated carbocycles. The van der Waals surface area contributed by atoms with Crippen LogP contribution in [0.25, 0.3) is 0 Å². The van der Waals surface area contributed by atoms with Crippen molar-refractivity contribution in [3.05, 3.63) is 42.4 Å². The summed E-state index contributed by atoms with van der Waals surface area (Å²) in [5.74, 6) is 1.57. The van der Waals surface area contributed by atoms with Gasteiger partial charge < -0.3 is 9.73 Å². The monoisotopic (exact) mass is 329 g/mol. The second kappa shape index (κ2) is 7.55. The molecule has 1 fully saturated rings. The maximum atomic E-state index is 12.1. The Balaban J connectivity index is 1.45. The first-order chi connectivity index (χ1) is 11.6. The first-order valence-corrected chi connectivity index (χ1v) is 8.14. The first-order valence-electron chi connectivity index (χ1n) is 8.14. The number of pyridine rings is 1. The standard InChI is InChI=1S/C17H23N5O2/c1-13-8-19-17(24-13)12-21(2)15-5-7-22(10-15)11-16(23)20-14-4-3-6-18-9-14/h3-4,6,8-9,15H,5,7,10-12H2,1-2H3,(H,20,23)/t15-/m1/s1. The van der Waals surface area contributed by atoms with E-state index in [9.17, 15) is 4.79 Å². The zero-order valence-corrected chi connectivity index (χ0v) is 14.1. The topological polar surface area (TPSA) is 74.5 Å². The average Bonchev–Trinajstić information content (AvgIpc) is 3.17. The van der Waals surface area contributed by atoms with E-state index in [0.717, 1.165) is 36.8 Å². The Morgan fingerprint density at radius 2 is 2.38 bits per heavy atom. The normalized spacial score (nSPS) is 18.2. The van der Waals surface area contributed by atoms with Gasteiger partial charge in [-0.15, -0.1) is 0 Å². The Labute approximate surface area is 141 Å². The molecular weight excluding hydrogens is 306 g/mol. The number of aromatic nitrogens is 2. The summed E-state index contributed by atoms with van der Waals surface area (Å²) < 4.78 is 5.54. The number of likely N-dealkylation sites (tertiary alicyclic amines) is 1. The van der Waals surface area contributed by atoms with Crippen LogP contribution in [0.3, 0.4) is 0 Å². The summed E-state index contributed by atoms with van der Waals surface area (Å²) >= 11 is 0. The van der Waals surface area contributed by atoms with Crippen molar-refractivity contribution in [3.8, 4) is 0 Å². The molecular formula is C17H23N5O2. The number of rotatable bonds is 6. The third-order valence-corrected chi connectivity index (χ3v) is 4.24. The van der Waals surface area contributed by atoms with Crippen LogP contribution >= 0.6 is 0 Å². The number of aryl methyl sites for hydroxylation is 1. The summed E-state index contributed by atoms with van der Waals surface area (Å²) in [6.45, 7) is 4.77. The van der Waals surface area contributed by atoms with Gasteiger partial charge in [-0.05, 0) is 32.5 Å². The van der Waals surface area contributed by atoms with Crippen LogP contribution in [0, 0.1) is 6.92 Å². The Morgan fingerprint density at radius 1 is 1.50 bits per heavy atom. The van der Waals surface area contributed by atoms with Crippen LogP contribution in [-0.2, 0) is 11.3 Å². The molecule has 7 nitrogen and oxygen atoms in total. The average molecular weight is 329 g/mol. The van der Waals surface area contributed by atoms with E-state index < -0.39 is 0 Å². The molecule has 1 atom stereocenters. The van der Waals surface area contributed by atoms with Gasteiger partial charge in [-0.2, -0.15) is 0 Å². The largest absolute Gasteiger partial charge is 0.445 e. The van der Waals surface area contributed by atoms with E-state index in [0.29, 0.717) is 19.1 Å². The molecule has 7 heteroatoms. The molecule has 3 heterocycles. The van der Waals surface area contributed by atoms with Crippen LogP contribution in [0.1, 0.15) is 18.1 Å². The predicted molar refractivity (Wildman–Crippen MR) is 90.4 cm³/mol. The molecule has 1 amide bonds. The van der Waals surface area contributed by atoms with E-state index in [-0.39, 0.29) is 5.91 Å². The van der Waals surface area contributed by atoms with Crippen molar-refractivity contribution in [2.45, 2.75) is 25.9 Å². The first kappa shape index (κ1) is 16.6. The molecule has 2 aromatic rings. The van der Waals surface area contributed by atoms with Gasteiger partial charge in [0.2, 0.25) is 11.8 Å². The van der Waals surface area contributed by atoms with Gasteiger partial charge in [-0.25, -0.2) is 4.98 Å². The maximum absolute atomic E-state index is 12.1. The number of anilines is 1. The number of hydrogen-bond donors (Lipinski definition) is 1. The Bertz CT molecular complexity index is 673. The van der Waals surface area contributed by atoms with E-state index in [4.69, 9.17) is 4.42 Å². The highest BCUT2D eigenvalue weighted by atomic mass is 16.4. The molecule has 128 valence electrons. The number of hydrogen-bond acceptors (Lipinski definition) is 6. The summed E-state index contributed by atoms with van der Waals surface area (Å²) in [4.78, 5) is 24.8. The van der Waals surface area contributed by atoms with Crippen molar-refractivity contribution in [1.82, 2.24) is 19.8 Å². The highest BCUT2D eigenvalue weighted by molar-refractivity contribution is 5.92. The zero-order chi connectivity index (χ0) is 16.9. The minimum absolute atomic E-state index is 0.00497. The number of nitrogens with one attached hydrogen (secondary N) is 1. The lowest BCUT2D eigenvalue weighted by molar-refractivity contribution is -0.117. The van der Waals surface area contributed by atoms with Crippen molar-refractivity contribution in [2.75, 3.05) is 32.0 Å². The summed E-state index contributed by atoms with van der Waals surface area (Å²) in [5, 5.41) is 2.87. The number of nitrogens with zero attached hydrogens (tertiary/aromatic N) is 4. The molecule has 1 saturated heterocycles. The molecule has 0 unspecified atom stereocenters. The van der Waals surface area contributed by atoms with Crippen LogP contribution in [-0.4, -0.2) is 58.4 Å². The molecule has 1 N–H and O–H groups in total. The molecule has 0 radical (unpaired) electrons. The Kier molecular flexibility index (Phi) is 5.22. The van der Waals surface area contributed by atoms with E-state index in [1.165, 1.54) is 0 Å². The fourth-order valence-electron chi connectivity index (χ4n) is 2.97. The lowest BCUT2D eigenvalue weighted by Crippen LogP contribution is -2.36.